The molecule has 3 rings (SSSR count). The van der Waals surface area contributed by atoms with Crippen molar-refractivity contribution in [1.29, 1.82) is 0 Å². The molecule has 2 heterocycles. The van der Waals surface area contributed by atoms with Crippen molar-refractivity contribution in [3.63, 3.8) is 0 Å². The van der Waals surface area contributed by atoms with Crippen molar-refractivity contribution >= 4 is 0 Å². The first-order chi connectivity index (χ1) is 9.19. The molecule has 1 aliphatic rings. The number of imidazole rings is 1. The Kier molecular flexibility index (Phi) is 2.85. The molecule has 0 aliphatic heterocycles. The Balaban J connectivity index is 1.96. The van der Waals surface area contributed by atoms with Crippen molar-refractivity contribution in [3.05, 3.63) is 50.8 Å². The lowest BCUT2D eigenvalue weighted by Crippen LogP contribution is -2.32. The van der Waals surface area contributed by atoms with Gasteiger partial charge < -0.3 is 4.57 Å². The monoisotopic (exact) mass is 260 g/mol. The number of aromatic nitrogens is 4. The number of aryl methyl sites for hydroxylation is 1. The fourth-order valence-corrected chi connectivity index (χ4v) is 2.23. The molecule has 6 nitrogen and oxygen atoms in total. The smallest absolute Gasteiger partial charge is 0.328 e. The van der Waals surface area contributed by atoms with Crippen molar-refractivity contribution < 1.29 is 0 Å². The first-order valence-corrected chi connectivity index (χ1v) is 6.52. The zero-order chi connectivity index (χ0) is 13.4. The third-order valence-corrected chi connectivity index (χ3v) is 3.48. The Bertz CT molecular complexity index is 706. The fraction of sp³-hybridized carbons (Fsp3) is 0.462. The predicted molar refractivity (Wildman–Crippen MR) is 70.3 cm³/mol. The second-order valence-corrected chi connectivity index (χ2v) is 4.92. The lowest BCUT2D eigenvalue weighted by Gasteiger charge is -2.09. The van der Waals surface area contributed by atoms with Gasteiger partial charge in [0.05, 0.1) is 18.6 Å². The third kappa shape index (κ3) is 2.25. The topological polar surface area (TPSA) is 72.7 Å². The fourth-order valence-electron chi connectivity index (χ4n) is 2.23. The van der Waals surface area contributed by atoms with Gasteiger partial charge in [0.25, 0.3) is 5.56 Å². The molecule has 6 heteroatoms. The van der Waals surface area contributed by atoms with Crippen LogP contribution in [0.25, 0.3) is 0 Å². The van der Waals surface area contributed by atoms with Crippen LogP contribution >= 0.6 is 0 Å². The van der Waals surface area contributed by atoms with E-state index >= 15 is 0 Å². The van der Waals surface area contributed by atoms with E-state index in [-0.39, 0.29) is 11.2 Å². The molecular weight excluding hydrogens is 244 g/mol. The normalized spacial score (nSPS) is 14.8. The van der Waals surface area contributed by atoms with Crippen molar-refractivity contribution in [1.82, 2.24) is 19.1 Å². The molecule has 0 bridgehead atoms. The highest BCUT2D eigenvalue weighted by Gasteiger charge is 2.25. The van der Waals surface area contributed by atoms with Crippen molar-refractivity contribution in [3.8, 4) is 0 Å². The second kappa shape index (κ2) is 4.53. The van der Waals surface area contributed by atoms with Crippen molar-refractivity contribution in [2.24, 2.45) is 0 Å². The molecule has 0 spiro atoms. The molecule has 1 fully saturated rings. The van der Waals surface area contributed by atoms with Crippen LogP contribution in [0.5, 0.6) is 0 Å². The minimum atomic E-state index is -0.370. The summed E-state index contributed by atoms with van der Waals surface area (Å²) in [4.78, 5) is 29.8. The number of nitrogens with zero attached hydrogens (tertiary/aromatic N) is 3. The Morgan fingerprint density at radius 2 is 2.21 bits per heavy atom. The molecule has 2 aromatic heterocycles. The van der Waals surface area contributed by atoms with Gasteiger partial charge in [0.1, 0.15) is 0 Å². The van der Waals surface area contributed by atoms with Gasteiger partial charge in [-0.3, -0.25) is 14.3 Å². The number of hydrogen-bond donors (Lipinski definition) is 1. The lowest BCUT2D eigenvalue weighted by molar-refractivity contribution is 0.629. The van der Waals surface area contributed by atoms with Crippen molar-refractivity contribution in [2.45, 2.75) is 38.8 Å². The van der Waals surface area contributed by atoms with Gasteiger partial charge >= 0.3 is 5.69 Å². The van der Waals surface area contributed by atoms with E-state index in [1.54, 1.807) is 12.4 Å². The summed E-state index contributed by atoms with van der Waals surface area (Å²) >= 11 is 0. The third-order valence-electron chi connectivity index (χ3n) is 3.48. The molecular formula is C13H16N4O2. The molecule has 2 aromatic rings. The number of hydrogen-bond acceptors (Lipinski definition) is 3. The van der Waals surface area contributed by atoms with Crippen LogP contribution in [0.1, 0.15) is 37.1 Å². The molecule has 0 atom stereocenters. The van der Waals surface area contributed by atoms with Crippen LogP contribution in [0.4, 0.5) is 0 Å². The molecule has 0 amide bonds. The summed E-state index contributed by atoms with van der Waals surface area (Å²) in [6.07, 6.45) is 8.18. The van der Waals surface area contributed by atoms with Gasteiger partial charge in [-0.25, -0.2) is 9.78 Å². The second-order valence-electron chi connectivity index (χ2n) is 4.92. The molecule has 1 aliphatic carbocycles. The highest BCUT2D eigenvalue weighted by atomic mass is 16.2. The lowest BCUT2D eigenvalue weighted by atomic mass is 10.2. The maximum atomic E-state index is 11.8. The maximum absolute atomic E-state index is 11.8. The van der Waals surface area contributed by atoms with Gasteiger partial charge in [0.15, 0.2) is 0 Å². The average molecular weight is 260 g/mol. The number of aromatic amines is 1. The maximum Gasteiger partial charge on any atom is 0.328 e. The minimum Gasteiger partial charge on any atom is -0.330 e. The van der Waals surface area contributed by atoms with Gasteiger partial charge in [0, 0.05) is 24.0 Å². The highest BCUT2D eigenvalue weighted by Crippen LogP contribution is 2.35. The van der Waals surface area contributed by atoms with E-state index < -0.39 is 0 Å². The molecule has 0 saturated heterocycles. The molecule has 0 aromatic carbocycles. The van der Waals surface area contributed by atoms with Crippen LogP contribution in [-0.2, 0) is 13.0 Å². The van der Waals surface area contributed by atoms with E-state index in [9.17, 15) is 9.59 Å². The summed E-state index contributed by atoms with van der Waals surface area (Å²) in [5.74, 6) is 0. The summed E-state index contributed by atoms with van der Waals surface area (Å²) in [7, 11) is 0. The number of H-pyrrole nitrogens is 1. The Morgan fingerprint density at radius 1 is 1.42 bits per heavy atom. The first kappa shape index (κ1) is 12.0. The Hall–Kier alpha value is -2.11. The first-order valence-electron chi connectivity index (χ1n) is 6.52. The SMILES string of the molecule is CCc1cn(Cc2cncn2C2CC2)c(=O)[nH]c1=O. The molecule has 0 unspecified atom stereocenters. The molecule has 1 N–H and O–H groups in total. The summed E-state index contributed by atoms with van der Waals surface area (Å²) in [6, 6.07) is 0.529. The average Bonchev–Trinajstić information content (AvgIpc) is 3.13. The number of nitrogens with one attached hydrogen (secondary N) is 1. The summed E-state index contributed by atoms with van der Waals surface area (Å²) in [6.45, 7) is 2.34. The largest absolute Gasteiger partial charge is 0.330 e. The summed E-state index contributed by atoms with van der Waals surface area (Å²) in [5, 5.41) is 0. The van der Waals surface area contributed by atoms with E-state index in [0.29, 0.717) is 24.6 Å². The summed E-state index contributed by atoms with van der Waals surface area (Å²) in [5.41, 5.74) is 0.959. The van der Waals surface area contributed by atoms with Crippen LogP contribution in [-0.4, -0.2) is 19.1 Å². The zero-order valence-electron chi connectivity index (χ0n) is 10.8. The highest BCUT2D eigenvalue weighted by molar-refractivity contribution is 5.08. The zero-order valence-corrected chi connectivity index (χ0v) is 10.8. The standard InChI is InChI=1S/C13H16N4O2/c1-2-9-6-16(13(19)15-12(9)18)7-11-5-14-8-17(11)10-3-4-10/h5-6,8,10H,2-4,7H2,1H3,(H,15,18,19). The van der Waals surface area contributed by atoms with Crippen LogP contribution in [0, 0.1) is 0 Å². The minimum absolute atomic E-state index is 0.292. The predicted octanol–water partition coefficient (Wildman–Crippen LogP) is 0.679. The Labute approximate surface area is 109 Å². The van der Waals surface area contributed by atoms with Gasteiger partial charge in [-0.2, -0.15) is 0 Å². The van der Waals surface area contributed by atoms with E-state index in [2.05, 4.69) is 14.5 Å². The van der Waals surface area contributed by atoms with Crippen molar-refractivity contribution in [2.75, 3.05) is 0 Å². The molecule has 100 valence electrons. The van der Waals surface area contributed by atoms with Gasteiger partial charge in [-0.1, -0.05) is 6.92 Å². The van der Waals surface area contributed by atoms with Crippen LogP contribution in [0.3, 0.4) is 0 Å². The van der Waals surface area contributed by atoms with Crippen LogP contribution in [0.15, 0.2) is 28.3 Å². The van der Waals surface area contributed by atoms with E-state index in [0.717, 1.165) is 5.69 Å². The van der Waals surface area contributed by atoms with Crippen LogP contribution < -0.4 is 11.2 Å². The molecule has 0 radical (unpaired) electrons. The quantitative estimate of drug-likeness (QED) is 0.878. The van der Waals surface area contributed by atoms with Gasteiger partial charge in [0.2, 0.25) is 0 Å². The van der Waals surface area contributed by atoms with Gasteiger partial charge in [-0.05, 0) is 19.3 Å². The Morgan fingerprint density at radius 3 is 2.89 bits per heavy atom. The van der Waals surface area contributed by atoms with Crippen LogP contribution in [0.2, 0.25) is 0 Å². The number of rotatable bonds is 4. The van der Waals surface area contributed by atoms with E-state index in [4.69, 9.17) is 0 Å². The van der Waals surface area contributed by atoms with E-state index in [1.807, 2.05) is 13.3 Å². The summed E-state index contributed by atoms with van der Waals surface area (Å²) < 4.78 is 3.65. The van der Waals surface area contributed by atoms with Gasteiger partial charge in [-0.15, -0.1) is 0 Å². The molecule has 1 saturated carbocycles. The van der Waals surface area contributed by atoms with E-state index in [1.165, 1.54) is 17.4 Å². The molecule has 19 heavy (non-hydrogen) atoms.